The molecule has 10 heteroatoms. The number of benzene rings is 1. The first kappa shape index (κ1) is 21.1. The second kappa shape index (κ2) is 8.68. The smallest absolute Gasteiger partial charge is 0.380 e. The molecule has 3 N–H and O–H groups in total. The van der Waals surface area contributed by atoms with E-state index >= 15 is 0 Å². The van der Waals surface area contributed by atoms with Gasteiger partial charge in [-0.3, -0.25) is 9.59 Å². The van der Waals surface area contributed by atoms with Crippen molar-refractivity contribution in [3.8, 4) is 0 Å². The summed E-state index contributed by atoms with van der Waals surface area (Å²) >= 11 is 0. The number of morpholine rings is 1. The summed E-state index contributed by atoms with van der Waals surface area (Å²) in [6.07, 6.45) is -8.62. The van der Waals surface area contributed by atoms with Gasteiger partial charge in [0.1, 0.15) is 0 Å². The lowest BCUT2D eigenvalue weighted by Gasteiger charge is -2.33. The number of nitrogens with zero attached hydrogens (tertiary/aromatic N) is 1. The van der Waals surface area contributed by atoms with Crippen LogP contribution in [0, 0.1) is 0 Å². The highest BCUT2D eigenvalue weighted by Crippen LogP contribution is 2.29. The van der Waals surface area contributed by atoms with Gasteiger partial charge in [0.15, 0.2) is 12.2 Å². The maximum Gasteiger partial charge on any atom is 0.416 e. The minimum absolute atomic E-state index is 0.163. The monoisotopic (exact) mass is 390 g/mol. The van der Waals surface area contributed by atoms with E-state index in [9.17, 15) is 33.0 Å². The van der Waals surface area contributed by atoms with Gasteiger partial charge in [-0.1, -0.05) is 12.1 Å². The number of amides is 2. The molecule has 27 heavy (non-hydrogen) atoms. The van der Waals surface area contributed by atoms with Crippen LogP contribution >= 0.6 is 0 Å². The van der Waals surface area contributed by atoms with Crippen molar-refractivity contribution in [1.82, 2.24) is 10.2 Å². The Morgan fingerprint density at radius 1 is 1.26 bits per heavy atom. The number of hydrogen-bond donors (Lipinski definition) is 3. The summed E-state index contributed by atoms with van der Waals surface area (Å²) < 4.78 is 42.8. The number of rotatable bonds is 5. The second-order valence-corrected chi connectivity index (χ2v) is 6.27. The lowest BCUT2D eigenvalue weighted by atomic mass is 10.1. The van der Waals surface area contributed by atoms with Gasteiger partial charge in [0.05, 0.1) is 18.3 Å². The summed E-state index contributed by atoms with van der Waals surface area (Å²) in [5.41, 5.74) is -0.454. The van der Waals surface area contributed by atoms with Crippen LogP contribution in [0.5, 0.6) is 0 Å². The maximum atomic E-state index is 12.5. The highest BCUT2D eigenvalue weighted by Gasteiger charge is 2.35. The Balaban J connectivity index is 1.88. The summed E-state index contributed by atoms with van der Waals surface area (Å²) in [6.45, 7) is 2.34. The van der Waals surface area contributed by atoms with Crippen molar-refractivity contribution in [1.29, 1.82) is 0 Å². The van der Waals surface area contributed by atoms with Crippen LogP contribution in [0.3, 0.4) is 0 Å². The molecule has 1 saturated heterocycles. The van der Waals surface area contributed by atoms with E-state index in [1.165, 1.54) is 17.0 Å². The molecule has 0 aromatic heterocycles. The van der Waals surface area contributed by atoms with Crippen molar-refractivity contribution in [3.63, 3.8) is 0 Å². The van der Waals surface area contributed by atoms with Gasteiger partial charge in [-0.05, 0) is 24.6 Å². The van der Waals surface area contributed by atoms with Gasteiger partial charge in [0.25, 0.3) is 11.8 Å². The molecule has 2 rings (SSSR count). The van der Waals surface area contributed by atoms with Gasteiger partial charge in [0, 0.05) is 19.6 Å². The van der Waals surface area contributed by atoms with Crippen LogP contribution in [0.1, 0.15) is 18.1 Å². The maximum absolute atomic E-state index is 12.5. The number of hydrogen-bond acceptors (Lipinski definition) is 5. The molecule has 3 atom stereocenters. The van der Waals surface area contributed by atoms with Crippen LogP contribution in [0.25, 0.3) is 0 Å². The van der Waals surface area contributed by atoms with Crippen LogP contribution in [0.2, 0.25) is 0 Å². The Morgan fingerprint density at radius 2 is 1.89 bits per heavy atom. The van der Waals surface area contributed by atoms with Gasteiger partial charge >= 0.3 is 6.18 Å². The fourth-order valence-electron chi connectivity index (χ4n) is 2.59. The Kier molecular flexibility index (Phi) is 6.79. The summed E-state index contributed by atoms with van der Waals surface area (Å²) in [4.78, 5) is 25.4. The second-order valence-electron chi connectivity index (χ2n) is 6.27. The summed E-state index contributed by atoms with van der Waals surface area (Å²) in [6, 6.07) is 4.12. The fourth-order valence-corrected chi connectivity index (χ4v) is 2.59. The van der Waals surface area contributed by atoms with Crippen molar-refractivity contribution in [3.05, 3.63) is 35.4 Å². The molecule has 1 aromatic rings. The topological polar surface area (TPSA) is 99.1 Å². The van der Waals surface area contributed by atoms with Crippen LogP contribution in [-0.2, 0) is 27.0 Å². The summed E-state index contributed by atoms with van der Waals surface area (Å²) in [5.74, 6) is -1.79. The zero-order chi connectivity index (χ0) is 20.2. The molecule has 1 aliphatic heterocycles. The average Bonchev–Trinajstić information content (AvgIpc) is 2.63. The molecular formula is C17H21F3N2O5. The van der Waals surface area contributed by atoms with Gasteiger partial charge in [-0.2, -0.15) is 13.2 Å². The molecule has 1 aromatic carbocycles. The fraction of sp³-hybridized carbons (Fsp3) is 0.529. The van der Waals surface area contributed by atoms with E-state index in [1.54, 1.807) is 6.92 Å². The number of carbonyl (C=O) groups is 2. The molecule has 0 spiro atoms. The molecule has 1 fully saturated rings. The predicted molar refractivity (Wildman–Crippen MR) is 87.3 cm³/mol. The number of nitrogens with one attached hydrogen (secondary N) is 1. The van der Waals surface area contributed by atoms with E-state index in [2.05, 4.69) is 5.32 Å². The quantitative estimate of drug-likeness (QED) is 0.671. The van der Waals surface area contributed by atoms with Crippen molar-refractivity contribution in [2.75, 3.05) is 19.7 Å². The van der Waals surface area contributed by atoms with Crippen molar-refractivity contribution < 1.29 is 37.7 Å². The molecule has 0 saturated carbocycles. The van der Waals surface area contributed by atoms with Gasteiger partial charge < -0.3 is 25.2 Å². The minimum atomic E-state index is -4.46. The van der Waals surface area contributed by atoms with E-state index < -0.39 is 35.8 Å². The normalized spacial score (nSPS) is 20.1. The Bertz CT molecular complexity index is 666. The number of aliphatic hydroxyl groups is 2. The van der Waals surface area contributed by atoms with Crippen molar-refractivity contribution >= 4 is 11.8 Å². The van der Waals surface area contributed by atoms with E-state index in [-0.39, 0.29) is 32.3 Å². The van der Waals surface area contributed by atoms with Crippen LogP contribution in [0.4, 0.5) is 13.2 Å². The molecule has 150 valence electrons. The molecule has 0 radical (unpaired) electrons. The lowest BCUT2D eigenvalue weighted by molar-refractivity contribution is -0.157. The van der Waals surface area contributed by atoms with E-state index in [0.29, 0.717) is 5.56 Å². The molecule has 2 amide bonds. The van der Waals surface area contributed by atoms with E-state index in [4.69, 9.17) is 4.74 Å². The number of halogens is 3. The van der Waals surface area contributed by atoms with Gasteiger partial charge in [-0.25, -0.2) is 0 Å². The Hall–Kier alpha value is -2.17. The molecule has 0 bridgehead atoms. The number of aliphatic hydroxyl groups excluding tert-OH is 2. The Morgan fingerprint density at radius 3 is 2.44 bits per heavy atom. The zero-order valence-electron chi connectivity index (χ0n) is 14.6. The lowest BCUT2D eigenvalue weighted by Crippen LogP contribution is -2.54. The number of ether oxygens (including phenoxy) is 1. The van der Waals surface area contributed by atoms with Crippen LogP contribution in [-0.4, -0.2) is 64.9 Å². The third-order valence-corrected chi connectivity index (χ3v) is 4.12. The molecule has 1 heterocycles. The highest BCUT2D eigenvalue weighted by molar-refractivity contribution is 5.90. The van der Waals surface area contributed by atoms with E-state index in [1.807, 2.05) is 0 Å². The van der Waals surface area contributed by atoms with Gasteiger partial charge in [-0.15, -0.1) is 0 Å². The Labute approximate surface area is 153 Å². The summed E-state index contributed by atoms with van der Waals surface area (Å²) in [7, 11) is 0. The number of carbonyl (C=O) groups excluding carboxylic acids is 2. The first-order chi connectivity index (χ1) is 12.6. The molecule has 0 unspecified atom stereocenters. The third-order valence-electron chi connectivity index (χ3n) is 4.12. The van der Waals surface area contributed by atoms with Crippen molar-refractivity contribution in [2.45, 2.75) is 38.0 Å². The first-order valence-corrected chi connectivity index (χ1v) is 8.30. The van der Waals surface area contributed by atoms with Crippen LogP contribution < -0.4 is 5.32 Å². The number of alkyl halides is 3. The van der Waals surface area contributed by atoms with Crippen LogP contribution in [0.15, 0.2) is 24.3 Å². The molecule has 0 aliphatic carbocycles. The molecular weight excluding hydrogens is 369 g/mol. The van der Waals surface area contributed by atoms with Gasteiger partial charge in [0.2, 0.25) is 0 Å². The average molecular weight is 390 g/mol. The first-order valence-electron chi connectivity index (χ1n) is 8.30. The molecule has 1 aliphatic rings. The predicted octanol–water partition coefficient (Wildman–Crippen LogP) is 0.291. The van der Waals surface area contributed by atoms with Crippen molar-refractivity contribution in [2.24, 2.45) is 0 Å². The SMILES string of the molecule is C[C@@H]1CN(C(=O)[C@H](O)[C@@H](O)C(=O)NCc2ccc(C(F)(F)F)cc2)CCO1. The van der Waals surface area contributed by atoms with E-state index in [0.717, 1.165) is 12.1 Å². The molecule has 7 nitrogen and oxygen atoms in total. The largest absolute Gasteiger partial charge is 0.416 e. The standard InChI is InChI=1S/C17H21F3N2O5/c1-10-9-22(6-7-27-10)16(26)14(24)13(23)15(25)21-8-11-2-4-12(5-3-11)17(18,19)20/h2-5,10,13-14,23-24H,6-9H2,1H3,(H,21,25)/t10-,13-,14-/m1/s1. The zero-order valence-corrected chi connectivity index (χ0v) is 14.6. The third kappa shape index (κ3) is 5.65. The highest BCUT2D eigenvalue weighted by atomic mass is 19.4. The summed E-state index contributed by atoms with van der Waals surface area (Å²) in [5, 5.41) is 22.1. The minimum Gasteiger partial charge on any atom is -0.380 e.